The van der Waals surface area contributed by atoms with E-state index in [-0.39, 0.29) is 28.5 Å². The predicted molar refractivity (Wildman–Crippen MR) is 146 cm³/mol. The summed E-state index contributed by atoms with van der Waals surface area (Å²) >= 11 is 0. The van der Waals surface area contributed by atoms with E-state index < -0.39 is 5.97 Å². The van der Waals surface area contributed by atoms with Gasteiger partial charge in [-0.3, -0.25) is 9.59 Å². The monoisotopic (exact) mass is 496 g/mol. The van der Waals surface area contributed by atoms with Crippen molar-refractivity contribution in [2.45, 2.75) is 39.2 Å². The molecule has 2 aromatic carbocycles. The molecule has 2 N–H and O–H groups in total. The quantitative estimate of drug-likeness (QED) is 0.390. The predicted octanol–water partition coefficient (Wildman–Crippen LogP) is 5.47. The average molecular weight is 497 g/mol. The van der Waals surface area contributed by atoms with Gasteiger partial charge in [0, 0.05) is 12.2 Å². The van der Waals surface area contributed by atoms with E-state index in [1.807, 2.05) is 48.6 Å². The Hall–Kier alpha value is -4.19. The van der Waals surface area contributed by atoms with Crippen LogP contribution in [0.25, 0.3) is 11.1 Å². The highest BCUT2D eigenvalue weighted by Gasteiger charge is 2.17. The van der Waals surface area contributed by atoms with E-state index in [0.717, 1.165) is 42.5 Å². The van der Waals surface area contributed by atoms with Gasteiger partial charge in [-0.15, -0.1) is 0 Å². The summed E-state index contributed by atoms with van der Waals surface area (Å²) in [5.41, 5.74) is 3.31. The fraction of sp³-hybridized carbons (Fsp3) is 0.258. The van der Waals surface area contributed by atoms with Gasteiger partial charge in [-0.2, -0.15) is 0 Å². The Morgan fingerprint density at radius 2 is 1.78 bits per heavy atom. The number of amides is 1. The van der Waals surface area contributed by atoms with Gasteiger partial charge in [-0.1, -0.05) is 80.1 Å². The Bertz CT molecular complexity index is 1380. The number of rotatable bonds is 10. The summed E-state index contributed by atoms with van der Waals surface area (Å²) in [5, 5.41) is 12.4. The molecule has 4 rings (SSSR count). The van der Waals surface area contributed by atoms with E-state index in [4.69, 9.17) is 0 Å². The molecule has 0 saturated heterocycles. The molecule has 0 radical (unpaired) electrons. The van der Waals surface area contributed by atoms with E-state index in [1.54, 1.807) is 28.8 Å². The van der Waals surface area contributed by atoms with Crippen LogP contribution in [0.3, 0.4) is 0 Å². The van der Waals surface area contributed by atoms with E-state index in [1.165, 1.54) is 0 Å². The largest absolute Gasteiger partial charge is 0.478 e. The van der Waals surface area contributed by atoms with Gasteiger partial charge in [0.25, 0.3) is 11.5 Å². The summed E-state index contributed by atoms with van der Waals surface area (Å²) in [7, 11) is 0. The molecule has 1 aliphatic carbocycles. The van der Waals surface area contributed by atoms with Gasteiger partial charge in [0.2, 0.25) is 0 Å². The maximum Gasteiger partial charge on any atom is 0.336 e. The van der Waals surface area contributed by atoms with Crippen molar-refractivity contribution >= 4 is 11.9 Å². The number of aromatic carboxylic acids is 1. The fourth-order valence-corrected chi connectivity index (χ4v) is 4.53. The summed E-state index contributed by atoms with van der Waals surface area (Å²) in [4.78, 5) is 38.0. The number of carboxylic acid groups (broad SMARTS) is 1. The molecular formula is C31H32N2O4. The summed E-state index contributed by atoms with van der Waals surface area (Å²) in [5.74, 6) is -1.10. The zero-order valence-corrected chi connectivity index (χ0v) is 21.0. The Morgan fingerprint density at radius 1 is 1.00 bits per heavy atom. The van der Waals surface area contributed by atoms with Crippen molar-refractivity contribution in [3.05, 3.63) is 118 Å². The number of aryl methyl sites for hydroxylation is 1. The number of carbonyl (C=O) groups excluding carboxylic acids is 1. The molecule has 0 spiro atoms. The molecule has 0 fully saturated rings. The third-order valence-electron chi connectivity index (χ3n) is 6.65. The fourth-order valence-electron chi connectivity index (χ4n) is 4.53. The van der Waals surface area contributed by atoms with Gasteiger partial charge in [0.1, 0.15) is 5.56 Å². The third-order valence-corrected chi connectivity index (χ3v) is 6.65. The molecule has 190 valence electrons. The van der Waals surface area contributed by atoms with E-state index in [9.17, 15) is 19.5 Å². The second-order valence-corrected chi connectivity index (χ2v) is 9.30. The first-order valence-corrected chi connectivity index (χ1v) is 12.7. The van der Waals surface area contributed by atoms with Crippen LogP contribution in [0.4, 0.5) is 0 Å². The number of nitrogens with one attached hydrogen (secondary N) is 1. The molecule has 3 aromatic rings. The number of benzene rings is 2. The van der Waals surface area contributed by atoms with Crippen molar-refractivity contribution in [2.75, 3.05) is 6.54 Å². The SMILES string of the molecule is CCCCc1ccc(C(=O)NCC2C=CC=CC2)c(=O)n1Cc1ccc(-c2ccccc2C(=O)O)cc1. The molecule has 1 amide bonds. The van der Waals surface area contributed by atoms with Crippen molar-refractivity contribution < 1.29 is 14.7 Å². The van der Waals surface area contributed by atoms with Crippen molar-refractivity contribution in [3.8, 4) is 11.1 Å². The molecule has 1 atom stereocenters. The van der Waals surface area contributed by atoms with E-state index >= 15 is 0 Å². The molecule has 1 unspecified atom stereocenters. The second-order valence-electron chi connectivity index (χ2n) is 9.30. The number of carboxylic acids is 1. The summed E-state index contributed by atoms with van der Waals surface area (Å²) in [6, 6.07) is 18.0. The number of aromatic nitrogens is 1. The van der Waals surface area contributed by atoms with Gasteiger partial charge in [-0.05, 0) is 60.1 Å². The van der Waals surface area contributed by atoms with Gasteiger partial charge < -0.3 is 15.0 Å². The zero-order chi connectivity index (χ0) is 26.2. The Balaban J connectivity index is 1.58. The number of hydrogen-bond acceptors (Lipinski definition) is 3. The van der Waals surface area contributed by atoms with Crippen LogP contribution >= 0.6 is 0 Å². The lowest BCUT2D eigenvalue weighted by Crippen LogP contribution is -2.36. The highest BCUT2D eigenvalue weighted by atomic mass is 16.4. The first kappa shape index (κ1) is 25.9. The van der Waals surface area contributed by atoms with Gasteiger partial charge in [-0.25, -0.2) is 4.79 Å². The van der Waals surface area contributed by atoms with Crippen LogP contribution < -0.4 is 10.9 Å². The van der Waals surface area contributed by atoms with Crippen LogP contribution in [0.5, 0.6) is 0 Å². The minimum Gasteiger partial charge on any atom is -0.478 e. The van der Waals surface area contributed by atoms with E-state index in [0.29, 0.717) is 18.7 Å². The zero-order valence-electron chi connectivity index (χ0n) is 21.0. The molecule has 1 aromatic heterocycles. The standard InChI is InChI=1S/C31H32N2O4/c1-2-3-11-25-18-19-28(29(34)32-20-22-9-5-4-6-10-22)30(35)33(25)21-23-14-16-24(17-15-23)26-12-7-8-13-27(26)31(36)37/h4-9,12-19,22H,2-3,10-11,20-21H2,1H3,(H,32,34)(H,36,37). The number of pyridine rings is 1. The van der Waals surface area contributed by atoms with Crippen LogP contribution in [0.2, 0.25) is 0 Å². The highest BCUT2D eigenvalue weighted by molar-refractivity contribution is 5.96. The minimum atomic E-state index is -0.974. The molecule has 1 heterocycles. The van der Waals surface area contributed by atoms with Crippen molar-refractivity contribution in [3.63, 3.8) is 0 Å². The molecule has 0 aliphatic heterocycles. The molecule has 0 saturated carbocycles. The number of allylic oxidation sites excluding steroid dienone is 3. The van der Waals surface area contributed by atoms with Gasteiger partial charge >= 0.3 is 5.97 Å². The number of unbranched alkanes of at least 4 members (excludes halogenated alkanes) is 1. The van der Waals surface area contributed by atoms with Crippen LogP contribution in [0.15, 0.2) is 89.8 Å². The topological polar surface area (TPSA) is 88.4 Å². The first-order chi connectivity index (χ1) is 18.0. The lowest BCUT2D eigenvalue weighted by Gasteiger charge is -2.17. The second kappa shape index (κ2) is 12.2. The number of nitrogens with zero attached hydrogens (tertiary/aromatic N) is 1. The Kier molecular flexibility index (Phi) is 8.52. The molecule has 37 heavy (non-hydrogen) atoms. The van der Waals surface area contributed by atoms with Crippen molar-refractivity contribution in [1.82, 2.24) is 9.88 Å². The lowest BCUT2D eigenvalue weighted by molar-refractivity contribution is 0.0697. The molecule has 0 bridgehead atoms. The normalized spacial score (nSPS) is 14.5. The first-order valence-electron chi connectivity index (χ1n) is 12.7. The Labute approximate surface area is 217 Å². The summed E-state index contributed by atoms with van der Waals surface area (Å²) < 4.78 is 1.69. The number of hydrogen-bond donors (Lipinski definition) is 2. The van der Waals surface area contributed by atoms with Crippen LogP contribution in [0, 0.1) is 5.92 Å². The lowest BCUT2D eigenvalue weighted by atomic mass is 9.98. The van der Waals surface area contributed by atoms with Gasteiger partial charge in [0.05, 0.1) is 12.1 Å². The maximum atomic E-state index is 13.5. The van der Waals surface area contributed by atoms with Crippen molar-refractivity contribution in [1.29, 1.82) is 0 Å². The smallest absolute Gasteiger partial charge is 0.336 e. The van der Waals surface area contributed by atoms with Gasteiger partial charge in [0.15, 0.2) is 0 Å². The minimum absolute atomic E-state index is 0.141. The van der Waals surface area contributed by atoms with Crippen LogP contribution in [-0.2, 0) is 13.0 Å². The molecular weight excluding hydrogens is 464 g/mol. The third kappa shape index (κ3) is 6.33. The molecule has 6 nitrogen and oxygen atoms in total. The van der Waals surface area contributed by atoms with Crippen LogP contribution in [-0.4, -0.2) is 28.1 Å². The number of carbonyl (C=O) groups is 2. The summed E-state index contributed by atoms with van der Waals surface area (Å²) in [6.07, 6.45) is 11.6. The van der Waals surface area contributed by atoms with E-state index in [2.05, 4.69) is 24.4 Å². The highest BCUT2D eigenvalue weighted by Crippen LogP contribution is 2.24. The average Bonchev–Trinajstić information content (AvgIpc) is 2.93. The maximum absolute atomic E-state index is 13.5. The van der Waals surface area contributed by atoms with Crippen molar-refractivity contribution in [2.24, 2.45) is 5.92 Å². The van der Waals surface area contributed by atoms with Crippen LogP contribution in [0.1, 0.15) is 58.2 Å². The Morgan fingerprint density at radius 3 is 2.49 bits per heavy atom. The summed E-state index contributed by atoms with van der Waals surface area (Å²) in [6.45, 7) is 2.92. The molecule has 1 aliphatic rings. The molecule has 6 heteroatoms.